The molecule has 1 aromatic rings. The number of benzene rings is 1. The van der Waals surface area contributed by atoms with Crippen LogP contribution in [0.3, 0.4) is 0 Å². The molecule has 1 N–H and O–H groups in total. The number of halogens is 1. The largest absolute Gasteiger partial charge is 0.508 e. The summed E-state index contributed by atoms with van der Waals surface area (Å²) in [6, 6.07) is 5.15. The van der Waals surface area contributed by atoms with Crippen molar-refractivity contribution >= 4 is 29.5 Å². The zero-order valence-electron chi connectivity index (χ0n) is 20.8. The Labute approximate surface area is 213 Å². The van der Waals surface area contributed by atoms with Crippen LogP contribution in [0.2, 0.25) is 5.02 Å². The van der Waals surface area contributed by atoms with Crippen molar-refractivity contribution in [1.82, 2.24) is 4.90 Å². The van der Waals surface area contributed by atoms with Crippen LogP contribution in [0.4, 0.5) is 0 Å². The second-order valence-corrected chi connectivity index (χ2v) is 11.1. The Balaban J connectivity index is 1.31. The monoisotopic (exact) mass is 497 g/mol. The highest BCUT2D eigenvalue weighted by molar-refractivity contribution is 6.32. The van der Waals surface area contributed by atoms with Crippen molar-refractivity contribution in [1.29, 1.82) is 0 Å². The fourth-order valence-electron chi connectivity index (χ4n) is 6.87. The summed E-state index contributed by atoms with van der Waals surface area (Å²) < 4.78 is 6.30. The summed E-state index contributed by atoms with van der Waals surface area (Å²) in [5, 5.41) is 10.2. The van der Waals surface area contributed by atoms with Gasteiger partial charge >= 0.3 is 0 Å². The molecule has 0 bridgehead atoms. The number of rotatable bonds is 6. The molecule has 4 aliphatic rings. The molecule has 6 heteroatoms. The Kier molecular flexibility index (Phi) is 7.09. The Morgan fingerprint density at radius 2 is 1.94 bits per heavy atom. The lowest BCUT2D eigenvalue weighted by Crippen LogP contribution is -2.42. The van der Waals surface area contributed by atoms with Crippen LogP contribution in [0.25, 0.3) is 6.08 Å². The van der Waals surface area contributed by atoms with Gasteiger partial charge in [-0.15, -0.1) is 0 Å². The second-order valence-electron chi connectivity index (χ2n) is 10.7. The first-order chi connectivity index (χ1) is 16.9. The van der Waals surface area contributed by atoms with Crippen molar-refractivity contribution in [2.45, 2.75) is 83.8 Å². The highest BCUT2D eigenvalue weighted by Gasteiger charge is 2.57. The zero-order chi connectivity index (χ0) is 24.7. The number of aromatic hydroxyl groups is 1. The van der Waals surface area contributed by atoms with Crippen LogP contribution in [0.5, 0.6) is 5.75 Å². The van der Waals surface area contributed by atoms with E-state index in [1.54, 1.807) is 17.0 Å². The van der Waals surface area contributed by atoms with Gasteiger partial charge in [0, 0.05) is 12.0 Å². The smallest absolute Gasteiger partial charge is 0.234 e. The summed E-state index contributed by atoms with van der Waals surface area (Å²) in [5.74, 6) is -0.133. The van der Waals surface area contributed by atoms with Gasteiger partial charge in [0.2, 0.25) is 11.8 Å². The number of amides is 2. The molecule has 2 heterocycles. The van der Waals surface area contributed by atoms with E-state index in [0.29, 0.717) is 18.1 Å². The van der Waals surface area contributed by atoms with E-state index in [4.69, 9.17) is 16.3 Å². The lowest BCUT2D eigenvalue weighted by Gasteiger charge is -2.31. The van der Waals surface area contributed by atoms with Crippen LogP contribution >= 0.6 is 11.6 Å². The predicted molar refractivity (Wildman–Crippen MR) is 137 cm³/mol. The van der Waals surface area contributed by atoms with Gasteiger partial charge in [-0.3, -0.25) is 14.5 Å². The first-order valence-corrected chi connectivity index (χ1v) is 13.6. The lowest BCUT2D eigenvalue weighted by atomic mass is 9.70. The number of nitrogens with zero attached hydrogens (tertiary/aromatic N) is 1. The van der Waals surface area contributed by atoms with Gasteiger partial charge in [0.15, 0.2) is 0 Å². The highest BCUT2D eigenvalue weighted by Crippen LogP contribution is 2.50. The number of phenols is 1. The Bertz CT molecular complexity index is 1070. The zero-order valence-corrected chi connectivity index (χ0v) is 21.5. The van der Waals surface area contributed by atoms with Crippen molar-refractivity contribution in [3.8, 4) is 5.75 Å². The van der Waals surface area contributed by atoms with E-state index < -0.39 is 0 Å². The Hall–Kier alpha value is -2.11. The topological polar surface area (TPSA) is 66.8 Å². The summed E-state index contributed by atoms with van der Waals surface area (Å²) in [6.07, 6.45) is 10.7. The van der Waals surface area contributed by atoms with Crippen molar-refractivity contribution in [3.05, 3.63) is 45.5 Å². The molecule has 0 spiro atoms. The van der Waals surface area contributed by atoms with Gasteiger partial charge in [0.25, 0.3) is 0 Å². The standard InChI is InChI=1S/C29H36ClNO4/c1-3-18(14-19-10-11-21(32)15-24(19)30)9-12-25-26-17(2)13-22-27(23(26)16-35-25)29(34)31(28(22)33)20-7-5-4-6-8-20/h10-11,14-15,20,22-23,25,27,32H,3-9,12-13,16H2,1-2H3/b18-14+/t22-,23+,25-,27-/m1/s1. The fraction of sp³-hybridized carbons (Fsp3) is 0.586. The maximum Gasteiger partial charge on any atom is 0.234 e. The minimum Gasteiger partial charge on any atom is -0.508 e. The molecule has 188 valence electrons. The third-order valence-corrected chi connectivity index (χ3v) is 8.98. The van der Waals surface area contributed by atoms with Crippen molar-refractivity contribution < 1.29 is 19.4 Å². The number of hydrogen-bond donors (Lipinski definition) is 1. The summed E-state index contributed by atoms with van der Waals surface area (Å²) in [6.45, 7) is 4.80. The summed E-state index contributed by atoms with van der Waals surface area (Å²) in [5.41, 5.74) is 4.69. The number of fused-ring (bicyclic) bond motifs is 3. The van der Waals surface area contributed by atoms with Crippen LogP contribution in [0.15, 0.2) is 34.9 Å². The fourth-order valence-corrected chi connectivity index (χ4v) is 7.10. The van der Waals surface area contributed by atoms with Gasteiger partial charge in [-0.05, 0) is 74.8 Å². The van der Waals surface area contributed by atoms with Crippen molar-refractivity contribution in [2.75, 3.05) is 6.61 Å². The molecule has 35 heavy (non-hydrogen) atoms. The summed E-state index contributed by atoms with van der Waals surface area (Å²) in [4.78, 5) is 28.6. The molecule has 0 aromatic heterocycles. The van der Waals surface area contributed by atoms with E-state index >= 15 is 0 Å². The average Bonchev–Trinajstić information content (AvgIpc) is 3.37. The third-order valence-electron chi connectivity index (χ3n) is 8.65. The molecule has 5 nitrogen and oxygen atoms in total. The summed E-state index contributed by atoms with van der Waals surface area (Å²) >= 11 is 6.31. The maximum absolute atomic E-state index is 13.6. The van der Waals surface area contributed by atoms with Crippen molar-refractivity contribution in [2.24, 2.45) is 17.8 Å². The molecule has 2 aliphatic heterocycles. The van der Waals surface area contributed by atoms with Crippen LogP contribution in [0, 0.1) is 17.8 Å². The van der Waals surface area contributed by atoms with Crippen LogP contribution in [-0.4, -0.2) is 40.6 Å². The van der Waals surface area contributed by atoms with Gasteiger partial charge in [-0.2, -0.15) is 0 Å². The van der Waals surface area contributed by atoms with Gasteiger partial charge in [0.1, 0.15) is 5.75 Å². The molecule has 0 radical (unpaired) electrons. The van der Waals surface area contributed by atoms with Gasteiger partial charge in [-0.1, -0.05) is 55.0 Å². The predicted octanol–water partition coefficient (Wildman–Crippen LogP) is 6.29. The maximum atomic E-state index is 13.6. The molecule has 1 saturated carbocycles. The molecule has 5 rings (SSSR count). The number of hydrogen-bond acceptors (Lipinski definition) is 4. The minimum atomic E-state index is -0.245. The summed E-state index contributed by atoms with van der Waals surface area (Å²) in [7, 11) is 0. The molecule has 2 aliphatic carbocycles. The highest BCUT2D eigenvalue weighted by atomic mass is 35.5. The van der Waals surface area contributed by atoms with E-state index in [1.807, 2.05) is 6.07 Å². The molecular formula is C29H36ClNO4. The average molecular weight is 498 g/mol. The van der Waals surface area contributed by atoms with Gasteiger partial charge in [0.05, 0.1) is 29.6 Å². The molecule has 4 atom stereocenters. The Morgan fingerprint density at radius 3 is 2.66 bits per heavy atom. The van der Waals surface area contributed by atoms with E-state index in [0.717, 1.165) is 50.5 Å². The quantitative estimate of drug-likeness (QED) is 0.370. The Morgan fingerprint density at radius 1 is 1.17 bits per heavy atom. The van der Waals surface area contributed by atoms with E-state index in [2.05, 4.69) is 19.9 Å². The first-order valence-electron chi connectivity index (χ1n) is 13.2. The number of allylic oxidation sites excluding steroid dienone is 2. The molecule has 1 aromatic carbocycles. The van der Waals surface area contributed by atoms with E-state index in [-0.39, 0.29) is 47.5 Å². The third kappa shape index (κ3) is 4.58. The SMILES string of the molecule is CC/C(=C\c1ccc(O)cc1Cl)CC[C@H]1OC[C@H]2C1=C(C)C[C@H]1C(=O)N(C3CCCCC3)C(=O)[C@H]12. The van der Waals surface area contributed by atoms with Crippen molar-refractivity contribution in [3.63, 3.8) is 0 Å². The number of carbonyl (C=O) groups is 2. The van der Waals surface area contributed by atoms with Gasteiger partial charge < -0.3 is 9.84 Å². The molecule has 2 saturated heterocycles. The molecule has 2 amide bonds. The number of carbonyl (C=O) groups excluding carboxylic acids is 2. The minimum absolute atomic E-state index is 0.00202. The molecule has 0 unspecified atom stereocenters. The normalized spacial score (nSPS) is 29.7. The second kappa shape index (κ2) is 10.1. The van der Waals surface area contributed by atoms with Gasteiger partial charge in [-0.25, -0.2) is 0 Å². The molecular weight excluding hydrogens is 462 g/mol. The first kappa shape index (κ1) is 24.6. The van der Waals surface area contributed by atoms with Crippen LogP contribution in [0.1, 0.15) is 77.2 Å². The molecule has 3 fully saturated rings. The lowest BCUT2D eigenvalue weighted by molar-refractivity contribution is -0.143. The van der Waals surface area contributed by atoms with Crippen LogP contribution < -0.4 is 0 Å². The number of likely N-dealkylation sites (tertiary alicyclic amines) is 1. The van der Waals surface area contributed by atoms with E-state index in [9.17, 15) is 14.7 Å². The van der Waals surface area contributed by atoms with E-state index in [1.165, 1.54) is 23.1 Å². The number of phenolic OH excluding ortho intramolecular Hbond substituents is 1. The number of ether oxygens (including phenoxy) is 1. The number of imide groups is 1. The van der Waals surface area contributed by atoms with Crippen LogP contribution in [-0.2, 0) is 14.3 Å².